The number of rotatable bonds is 60. The standard InChI is InChI=1S/C67H124NO8P/c1-6-8-10-12-14-16-18-20-22-24-26-28-30-31-32-33-34-35-36-37-38-40-42-44-46-48-50-52-54-56-58-60-67(70)76-65(64-75-77(71,72)74-62-61-68(3,4)5)63-73-66(69)59-57-55-53-51-49-47-45-43-41-39-29-27-25-23-21-19-17-15-13-11-9-7-2/h8,10,14,16,20,22,26,28,31-32,65H,6-7,9,11-13,15,17-19,21,23-25,27,29-30,33-64H2,1-5H3/b10-8-,16-14-,22-20-,28-26-,32-31-. The van der Waals surface area contributed by atoms with Gasteiger partial charge in [-0.05, 0) is 57.8 Å². The monoisotopic (exact) mass is 1100 g/mol. The Labute approximate surface area is 476 Å². The summed E-state index contributed by atoms with van der Waals surface area (Å²) in [5, 5.41) is 0. The molecule has 0 aromatic rings. The van der Waals surface area contributed by atoms with Crippen LogP contribution in [0.15, 0.2) is 60.8 Å². The largest absolute Gasteiger partial charge is 0.756 e. The Hall–Kier alpha value is -2.29. The number of unbranched alkanes of at least 4 members (excludes halogenated alkanes) is 36. The van der Waals surface area contributed by atoms with Gasteiger partial charge < -0.3 is 27.9 Å². The number of phosphoric acid groups is 1. The minimum absolute atomic E-state index is 0.0298. The summed E-state index contributed by atoms with van der Waals surface area (Å²) in [5.41, 5.74) is 0. The maximum absolute atomic E-state index is 12.8. The van der Waals surface area contributed by atoms with E-state index in [0.29, 0.717) is 17.4 Å². The van der Waals surface area contributed by atoms with E-state index in [9.17, 15) is 19.0 Å². The zero-order chi connectivity index (χ0) is 56.3. The van der Waals surface area contributed by atoms with E-state index in [-0.39, 0.29) is 32.0 Å². The molecule has 0 aliphatic rings. The van der Waals surface area contributed by atoms with E-state index in [2.05, 4.69) is 74.6 Å². The second-order valence-electron chi connectivity index (χ2n) is 23.1. The highest BCUT2D eigenvalue weighted by Crippen LogP contribution is 2.38. The van der Waals surface area contributed by atoms with Gasteiger partial charge >= 0.3 is 11.9 Å². The zero-order valence-corrected chi connectivity index (χ0v) is 52.1. The van der Waals surface area contributed by atoms with Crippen molar-refractivity contribution >= 4 is 19.8 Å². The lowest BCUT2D eigenvalue weighted by atomic mass is 10.0. The summed E-state index contributed by atoms with van der Waals surface area (Å²) >= 11 is 0. The lowest BCUT2D eigenvalue weighted by molar-refractivity contribution is -0.870. The molecule has 77 heavy (non-hydrogen) atoms. The van der Waals surface area contributed by atoms with E-state index in [1.54, 1.807) is 0 Å². The van der Waals surface area contributed by atoms with Gasteiger partial charge in [-0.1, -0.05) is 293 Å². The van der Waals surface area contributed by atoms with Crippen LogP contribution >= 0.6 is 7.82 Å². The first kappa shape index (κ1) is 74.7. The number of likely N-dealkylation sites (N-methyl/N-ethyl adjacent to an activating group) is 1. The lowest BCUT2D eigenvalue weighted by Crippen LogP contribution is -2.37. The van der Waals surface area contributed by atoms with E-state index in [0.717, 1.165) is 70.6 Å². The van der Waals surface area contributed by atoms with Crippen LogP contribution in [0.3, 0.4) is 0 Å². The number of nitrogens with zero attached hydrogens (tertiary/aromatic N) is 1. The highest BCUT2D eigenvalue weighted by Gasteiger charge is 2.22. The maximum Gasteiger partial charge on any atom is 0.306 e. The van der Waals surface area contributed by atoms with Crippen molar-refractivity contribution in [1.29, 1.82) is 0 Å². The normalized spacial score (nSPS) is 13.6. The SMILES string of the molecule is CC/C=C\C/C=C\C/C=C\C/C=C\C/C=C\CCCCCCCCCCCCCCCCCC(=O)OC(COC(=O)CCCCCCCCCCCCCCCCCCCCCCCC)COP(=O)([O-])OCC[N+](C)(C)C. The number of carbonyl (C=O) groups excluding carboxylic acids is 2. The molecular formula is C67H124NO8P. The van der Waals surface area contributed by atoms with Gasteiger partial charge in [-0.25, -0.2) is 0 Å². The molecule has 9 nitrogen and oxygen atoms in total. The van der Waals surface area contributed by atoms with Crippen molar-refractivity contribution in [3.63, 3.8) is 0 Å². The van der Waals surface area contributed by atoms with Crippen LogP contribution in [-0.2, 0) is 32.7 Å². The van der Waals surface area contributed by atoms with Gasteiger partial charge in [0.15, 0.2) is 6.10 Å². The molecule has 0 amide bonds. The van der Waals surface area contributed by atoms with Gasteiger partial charge in [-0.15, -0.1) is 0 Å². The van der Waals surface area contributed by atoms with Crippen molar-refractivity contribution in [2.45, 2.75) is 309 Å². The summed E-state index contributed by atoms with van der Waals surface area (Å²) in [6.07, 6.45) is 75.7. The molecule has 0 spiro atoms. The molecule has 0 bridgehead atoms. The molecule has 0 saturated carbocycles. The Morgan fingerprint density at radius 3 is 1.10 bits per heavy atom. The first-order valence-corrected chi connectivity index (χ1v) is 34.0. The Balaban J connectivity index is 4.06. The van der Waals surface area contributed by atoms with Gasteiger partial charge in [0.05, 0.1) is 27.7 Å². The van der Waals surface area contributed by atoms with E-state index >= 15 is 0 Å². The Kier molecular flexibility index (Phi) is 56.6. The number of phosphoric ester groups is 1. The van der Waals surface area contributed by atoms with Crippen LogP contribution in [0.2, 0.25) is 0 Å². The van der Waals surface area contributed by atoms with Crippen LogP contribution in [0.1, 0.15) is 303 Å². The first-order valence-electron chi connectivity index (χ1n) is 32.5. The molecule has 0 rings (SSSR count). The minimum atomic E-state index is -4.64. The van der Waals surface area contributed by atoms with Crippen molar-refractivity contribution in [3.05, 3.63) is 60.8 Å². The lowest BCUT2D eigenvalue weighted by Gasteiger charge is -2.28. The molecule has 2 unspecified atom stereocenters. The third-order valence-corrected chi connectivity index (χ3v) is 15.3. The van der Waals surface area contributed by atoms with E-state index in [1.165, 1.54) is 199 Å². The van der Waals surface area contributed by atoms with Gasteiger partial charge in [-0.2, -0.15) is 0 Å². The molecule has 0 fully saturated rings. The predicted octanol–water partition coefficient (Wildman–Crippen LogP) is 20.0. The van der Waals surface area contributed by atoms with Gasteiger partial charge in [0.2, 0.25) is 0 Å². The van der Waals surface area contributed by atoms with Crippen molar-refractivity contribution in [2.75, 3.05) is 47.5 Å². The summed E-state index contributed by atoms with van der Waals surface area (Å²) in [6.45, 7) is 4.18. The second-order valence-corrected chi connectivity index (χ2v) is 24.5. The molecule has 0 N–H and O–H groups in total. The van der Waals surface area contributed by atoms with Crippen LogP contribution in [0.4, 0.5) is 0 Å². The number of ether oxygens (including phenoxy) is 2. The third-order valence-electron chi connectivity index (χ3n) is 14.3. The van der Waals surface area contributed by atoms with Crippen molar-refractivity contribution in [2.24, 2.45) is 0 Å². The molecule has 0 aromatic carbocycles. The molecule has 0 aliphatic carbocycles. The molecule has 0 aliphatic heterocycles. The fraction of sp³-hybridized carbons (Fsp3) is 0.821. The van der Waals surface area contributed by atoms with Crippen LogP contribution in [0, 0.1) is 0 Å². The molecule has 0 radical (unpaired) electrons. The third kappa shape index (κ3) is 62.8. The average molecular weight is 1100 g/mol. The smallest absolute Gasteiger partial charge is 0.306 e. The molecule has 2 atom stereocenters. The van der Waals surface area contributed by atoms with E-state index < -0.39 is 26.5 Å². The summed E-state index contributed by atoms with van der Waals surface area (Å²) in [5.74, 6) is -0.819. The molecule has 10 heteroatoms. The number of esters is 2. The fourth-order valence-electron chi connectivity index (χ4n) is 9.33. The summed E-state index contributed by atoms with van der Waals surface area (Å²) in [7, 11) is 1.18. The van der Waals surface area contributed by atoms with Crippen LogP contribution in [-0.4, -0.2) is 70.0 Å². The molecule has 0 saturated heterocycles. The van der Waals surface area contributed by atoms with Crippen molar-refractivity contribution in [3.8, 4) is 0 Å². The van der Waals surface area contributed by atoms with E-state index in [4.69, 9.17) is 18.5 Å². The highest BCUT2D eigenvalue weighted by atomic mass is 31.2. The topological polar surface area (TPSA) is 111 Å². The van der Waals surface area contributed by atoms with Crippen LogP contribution in [0.25, 0.3) is 0 Å². The molecular weight excluding hydrogens is 978 g/mol. The molecule has 450 valence electrons. The second kappa shape index (κ2) is 58.4. The number of hydrogen-bond acceptors (Lipinski definition) is 8. The Morgan fingerprint density at radius 1 is 0.416 bits per heavy atom. The Bertz CT molecular complexity index is 1480. The van der Waals surface area contributed by atoms with Crippen molar-refractivity contribution in [1.82, 2.24) is 0 Å². The first-order chi connectivity index (χ1) is 37.5. The van der Waals surface area contributed by atoms with Crippen LogP contribution in [0.5, 0.6) is 0 Å². The summed E-state index contributed by atoms with van der Waals surface area (Å²) in [6, 6.07) is 0. The Morgan fingerprint density at radius 2 is 0.740 bits per heavy atom. The zero-order valence-electron chi connectivity index (χ0n) is 51.2. The van der Waals surface area contributed by atoms with Gasteiger partial charge in [0.25, 0.3) is 7.82 Å². The summed E-state index contributed by atoms with van der Waals surface area (Å²) < 4.78 is 34.3. The van der Waals surface area contributed by atoms with E-state index in [1.807, 2.05) is 21.1 Å². The number of carbonyl (C=O) groups is 2. The number of quaternary nitrogens is 1. The number of hydrogen-bond donors (Lipinski definition) is 0. The summed E-state index contributed by atoms with van der Waals surface area (Å²) in [4.78, 5) is 38.0. The maximum atomic E-state index is 12.8. The van der Waals surface area contributed by atoms with Crippen molar-refractivity contribution < 1.29 is 42.1 Å². The predicted molar refractivity (Wildman–Crippen MR) is 328 cm³/mol. The molecule has 0 heterocycles. The highest BCUT2D eigenvalue weighted by molar-refractivity contribution is 7.45. The minimum Gasteiger partial charge on any atom is -0.756 e. The van der Waals surface area contributed by atoms with Gasteiger partial charge in [-0.3, -0.25) is 14.2 Å². The van der Waals surface area contributed by atoms with Crippen LogP contribution < -0.4 is 4.89 Å². The average Bonchev–Trinajstić information content (AvgIpc) is 3.39. The quantitative estimate of drug-likeness (QED) is 0.0195. The van der Waals surface area contributed by atoms with Gasteiger partial charge in [0.1, 0.15) is 19.8 Å². The van der Waals surface area contributed by atoms with Gasteiger partial charge in [0, 0.05) is 12.8 Å². The number of allylic oxidation sites excluding steroid dienone is 10. The fourth-order valence-corrected chi connectivity index (χ4v) is 10.1. The molecule has 0 aromatic heterocycles.